The van der Waals surface area contributed by atoms with Crippen LogP contribution in [0, 0.1) is 5.92 Å². The van der Waals surface area contributed by atoms with Crippen LogP contribution in [-0.2, 0) is 4.79 Å². The molecule has 0 aliphatic carbocycles. The predicted octanol–water partition coefficient (Wildman–Crippen LogP) is 7.38. The fourth-order valence-electron chi connectivity index (χ4n) is 3.35. The lowest BCUT2D eigenvalue weighted by Gasteiger charge is -2.25. The van der Waals surface area contributed by atoms with Crippen molar-refractivity contribution >= 4 is 23.0 Å². The number of hydrogen-bond acceptors (Lipinski definition) is 3. The molecule has 0 heterocycles. The lowest BCUT2D eigenvalue weighted by atomic mass is 10.0. The van der Waals surface area contributed by atoms with Gasteiger partial charge in [-0.05, 0) is 59.7 Å². The summed E-state index contributed by atoms with van der Waals surface area (Å²) in [4.78, 5) is 14.0. The predicted molar refractivity (Wildman–Crippen MR) is 127 cm³/mol. The van der Waals surface area contributed by atoms with Gasteiger partial charge in [0.2, 0.25) is 0 Å². The highest BCUT2D eigenvalue weighted by Crippen LogP contribution is 2.35. The number of rotatable bonds is 6. The molecule has 0 aliphatic rings. The molecule has 31 heavy (non-hydrogen) atoms. The van der Waals surface area contributed by atoms with Gasteiger partial charge in [-0.15, -0.1) is 0 Å². The third-order valence-electron chi connectivity index (χ3n) is 5.03. The molecule has 0 aliphatic heterocycles. The van der Waals surface area contributed by atoms with Gasteiger partial charge in [-0.3, -0.25) is 4.79 Å². The third kappa shape index (κ3) is 4.84. The first-order valence-electron chi connectivity index (χ1n) is 10.4. The van der Waals surface area contributed by atoms with Crippen LogP contribution in [0.5, 0.6) is 5.75 Å². The first-order valence-corrected chi connectivity index (χ1v) is 10.4. The van der Waals surface area contributed by atoms with Gasteiger partial charge in [0.1, 0.15) is 5.75 Å². The number of nitrogens with zero attached hydrogens (tertiary/aromatic N) is 1. The van der Waals surface area contributed by atoms with Crippen LogP contribution in [0.3, 0.4) is 0 Å². The number of carbonyl (C=O) groups excluding carboxylic acids is 1. The molecule has 0 radical (unpaired) electrons. The lowest BCUT2D eigenvalue weighted by Crippen LogP contribution is -2.14. The topological polar surface area (TPSA) is 29.5 Å². The first kappa shape index (κ1) is 20.4. The monoisotopic (exact) mass is 407 g/mol. The molecular weight excluding hydrogens is 382 g/mol. The Labute approximate surface area is 183 Å². The van der Waals surface area contributed by atoms with Gasteiger partial charge in [0.05, 0.1) is 5.92 Å². The zero-order chi connectivity index (χ0) is 21.6. The minimum absolute atomic E-state index is 0.149. The van der Waals surface area contributed by atoms with Gasteiger partial charge < -0.3 is 9.64 Å². The summed E-state index contributed by atoms with van der Waals surface area (Å²) in [5.74, 6) is 0.196. The third-order valence-corrected chi connectivity index (χ3v) is 5.03. The van der Waals surface area contributed by atoms with Crippen LogP contribution in [0.4, 0.5) is 17.1 Å². The van der Waals surface area contributed by atoms with E-state index in [1.54, 1.807) is 0 Å². The van der Waals surface area contributed by atoms with Crippen molar-refractivity contribution in [1.82, 2.24) is 0 Å². The van der Waals surface area contributed by atoms with Crippen molar-refractivity contribution in [3.8, 4) is 16.9 Å². The maximum absolute atomic E-state index is 11.8. The Balaban J connectivity index is 1.60. The molecule has 0 N–H and O–H groups in total. The summed E-state index contributed by atoms with van der Waals surface area (Å²) in [6.45, 7) is 3.65. The summed E-state index contributed by atoms with van der Waals surface area (Å²) in [6.07, 6.45) is 0. The number of benzene rings is 4. The van der Waals surface area contributed by atoms with Gasteiger partial charge in [-0.2, -0.15) is 0 Å². The van der Waals surface area contributed by atoms with Crippen LogP contribution in [0.1, 0.15) is 13.8 Å². The summed E-state index contributed by atoms with van der Waals surface area (Å²) in [5.41, 5.74) is 5.48. The minimum Gasteiger partial charge on any atom is -0.426 e. The summed E-state index contributed by atoms with van der Waals surface area (Å²) < 4.78 is 5.37. The van der Waals surface area contributed by atoms with Crippen molar-refractivity contribution < 1.29 is 9.53 Å². The number of esters is 1. The Hall–Kier alpha value is -3.85. The van der Waals surface area contributed by atoms with Crippen molar-refractivity contribution in [1.29, 1.82) is 0 Å². The Morgan fingerprint density at radius 3 is 1.48 bits per heavy atom. The summed E-state index contributed by atoms with van der Waals surface area (Å²) in [6, 6.07) is 36.8. The molecule has 0 spiro atoms. The van der Waals surface area contributed by atoms with Crippen molar-refractivity contribution in [3.05, 3.63) is 109 Å². The number of hydrogen-bond donors (Lipinski definition) is 0. The molecule has 0 bridgehead atoms. The van der Waals surface area contributed by atoms with E-state index in [0.717, 1.165) is 28.2 Å². The Kier molecular flexibility index (Phi) is 6.13. The molecule has 3 nitrogen and oxygen atoms in total. The average Bonchev–Trinajstić information content (AvgIpc) is 2.82. The van der Waals surface area contributed by atoms with Crippen LogP contribution in [-0.4, -0.2) is 5.97 Å². The van der Waals surface area contributed by atoms with Crippen molar-refractivity contribution in [2.24, 2.45) is 5.92 Å². The van der Waals surface area contributed by atoms with E-state index >= 15 is 0 Å². The fourth-order valence-corrected chi connectivity index (χ4v) is 3.35. The normalized spacial score (nSPS) is 10.7. The maximum Gasteiger partial charge on any atom is 0.313 e. The molecule has 0 unspecified atom stereocenters. The second kappa shape index (κ2) is 9.31. The minimum atomic E-state index is -0.223. The smallest absolute Gasteiger partial charge is 0.313 e. The summed E-state index contributed by atoms with van der Waals surface area (Å²) in [7, 11) is 0. The average molecular weight is 408 g/mol. The largest absolute Gasteiger partial charge is 0.426 e. The number of ether oxygens (including phenoxy) is 1. The van der Waals surface area contributed by atoms with Gasteiger partial charge in [0.25, 0.3) is 0 Å². The molecule has 0 aromatic heterocycles. The van der Waals surface area contributed by atoms with Crippen LogP contribution in [0.25, 0.3) is 11.1 Å². The maximum atomic E-state index is 11.8. The molecule has 4 aromatic rings. The van der Waals surface area contributed by atoms with E-state index < -0.39 is 0 Å². The van der Waals surface area contributed by atoms with E-state index in [1.807, 2.05) is 74.5 Å². The molecule has 154 valence electrons. The zero-order valence-corrected chi connectivity index (χ0v) is 17.7. The van der Waals surface area contributed by atoms with Crippen molar-refractivity contribution in [2.45, 2.75) is 13.8 Å². The molecule has 0 saturated carbocycles. The van der Waals surface area contributed by atoms with Gasteiger partial charge >= 0.3 is 5.97 Å². The van der Waals surface area contributed by atoms with Crippen molar-refractivity contribution in [3.63, 3.8) is 0 Å². The highest BCUT2D eigenvalue weighted by Gasteiger charge is 2.12. The van der Waals surface area contributed by atoms with E-state index in [1.165, 1.54) is 0 Å². The zero-order valence-electron chi connectivity index (χ0n) is 17.7. The molecule has 4 aromatic carbocycles. The Morgan fingerprint density at radius 2 is 1.03 bits per heavy atom. The second-order valence-corrected chi connectivity index (χ2v) is 7.65. The number of para-hydroxylation sites is 2. The lowest BCUT2D eigenvalue weighted by molar-refractivity contribution is -0.137. The SMILES string of the molecule is CC(C)C(=O)Oc1ccc(-c2ccc(N(c3ccccc3)c3ccccc3)cc2)cc1. The number of carbonyl (C=O) groups is 1. The first-order chi connectivity index (χ1) is 15.1. The van der Waals surface area contributed by atoms with Crippen LogP contribution in [0.15, 0.2) is 109 Å². The van der Waals surface area contributed by atoms with E-state index in [9.17, 15) is 4.79 Å². The molecule has 0 amide bonds. The Morgan fingerprint density at radius 1 is 0.613 bits per heavy atom. The van der Waals surface area contributed by atoms with Crippen LogP contribution < -0.4 is 9.64 Å². The van der Waals surface area contributed by atoms with Gasteiger partial charge in [-0.25, -0.2) is 0 Å². The molecule has 0 fully saturated rings. The Bertz CT molecular complexity index is 1080. The highest BCUT2D eigenvalue weighted by molar-refractivity contribution is 5.78. The van der Waals surface area contributed by atoms with Gasteiger partial charge in [0, 0.05) is 17.1 Å². The molecule has 3 heteroatoms. The molecule has 4 rings (SSSR count). The van der Waals surface area contributed by atoms with Gasteiger partial charge in [-0.1, -0.05) is 74.5 Å². The van der Waals surface area contributed by atoms with Gasteiger partial charge in [0.15, 0.2) is 0 Å². The number of anilines is 3. The highest BCUT2D eigenvalue weighted by atomic mass is 16.5. The fraction of sp³-hybridized carbons (Fsp3) is 0.107. The van der Waals surface area contributed by atoms with E-state index in [-0.39, 0.29) is 11.9 Å². The van der Waals surface area contributed by atoms with Crippen LogP contribution in [0.2, 0.25) is 0 Å². The van der Waals surface area contributed by atoms with Crippen LogP contribution >= 0.6 is 0 Å². The van der Waals surface area contributed by atoms with E-state index in [4.69, 9.17) is 4.74 Å². The summed E-state index contributed by atoms with van der Waals surface area (Å²) in [5, 5.41) is 0. The second-order valence-electron chi connectivity index (χ2n) is 7.65. The molecular formula is C28H25NO2. The molecule has 0 atom stereocenters. The van der Waals surface area contributed by atoms with E-state index in [2.05, 4.69) is 53.4 Å². The molecule has 0 saturated heterocycles. The standard InChI is InChI=1S/C28H25NO2/c1-21(2)28(30)31-27-19-15-23(16-20-27)22-13-17-26(18-14-22)29(24-9-5-3-6-10-24)25-11-7-4-8-12-25/h3-21H,1-2H3. The van der Waals surface area contributed by atoms with E-state index in [0.29, 0.717) is 5.75 Å². The van der Waals surface area contributed by atoms with Crippen molar-refractivity contribution in [2.75, 3.05) is 4.90 Å². The summed E-state index contributed by atoms with van der Waals surface area (Å²) >= 11 is 0. The quantitative estimate of drug-likeness (QED) is 0.247.